The summed E-state index contributed by atoms with van der Waals surface area (Å²) in [5, 5.41) is 0.120. The van der Waals surface area contributed by atoms with E-state index in [9.17, 15) is 4.39 Å². The quantitative estimate of drug-likeness (QED) is 0.269. The van der Waals surface area contributed by atoms with Crippen LogP contribution in [-0.2, 0) is 0 Å². The van der Waals surface area contributed by atoms with E-state index in [2.05, 4.69) is 13.0 Å². The molecule has 2 fully saturated rings. The van der Waals surface area contributed by atoms with Crippen molar-refractivity contribution in [3.8, 4) is 5.75 Å². The fourth-order valence-electron chi connectivity index (χ4n) is 7.10. The zero-order chi connectivity index (χ0) is 23.2. The van der Waals surface area contributed by atoms with E-state index in [0.717, 1.165) is 48.0 Å². The number of hydrogen-bond acceptors (Lipinski definition) is 1. The molecule has 2 saturated carbocycles. The Hall–Kier alpha value is -0.290. The molecule has 0 bridgehead atoms. The molecule has 0 aromatic heterocycles. The molecular formula is C30H45ClFIO. The Morgan fingerprint density at radius 3 is 2.06 bits per heavy atom. The van der Waals surface area contributed by atoms with Crippen molar-refractivity contribution in [3.63, 3.8) is 0 Å². The van der Waals surface area contributed by atoms with E-state index in [4.69, 9.17) is 16.3 Å². The molecular weight excluding hydrogens is 558 g/mol. The zero-order valence-electron chi connectivity index (χ0n) is 21.3. The maximum Gasteiger partial charge on any atom is 0.153 e. The molecule has 0 N–H and O–H groups in total. The molecule has 3 aliphatic carbocycles. The number of benzene rings is 1. The van der Waals surface area contributed by atoms with Crippen LogP contribution in [0.2, 0.25) is 5.02 Å². The molecule has 0 saturated heterocycles. The molecule has 1 aromatic carbocycles. The van der Waals surface area contributed by atoms with Crippen LogP contribution < -0.4 is 4.74 Å². The molecule has 1 unspecified atom stereocenters. The van der Waals surface area contributed by atoms with Crippen molar-refractivity contribution >= 4 is 41.2 Å². The molecule has 0 amide bonds. The van der Waals surface area contributed by atoms with Crippen LogP contribution in [0.25, 0.3) is 5.57 Å². The highest BCUT2D eigenvalue weighted by Gasteiger charge is 2.34. The molecule has 34 heavy (non-hydrogen) atoms. The van der Waals surface area contributed by atoms with Gasteiger partial charge >= 0.3 is 0 Å². The van der Waals surface area contributed by atoms with Crippen molar-refractivity contribution in [2.24, 2.45) is 29.6 Å². The molecule has 1 nitrogen and oxygen atoms in total. The second kappa shape index (κ2) is 13.9. The summed E-state index contributed by atoms with van der Waals surface area (Å²) in [6.45, 7) is 4.70. The van der Waals surface area contributed by atoms with Crippen LogP contribution in [0.4, 0.5) is 4.39 Å². The minimum Gasteiger partial charge on any atom is -0.492 e. The summed E-state index contributed by atoms with van der Waals surface area (Å²) in [5.74, 6) is 4.79. The van der Waals surface area contributed by atoms with Gasteiger partial charge in [-0.15, -0.1) is 24.0 Å². The van der Waals surface area contributed by atoms with E-state index in [1.807, 2.05) is 19.1 Å². The maximum atomic E-state index is 14.9. The average Bonchev–Trinajstić information content (AvgIpc) is 2.86. The van der Waals surface area contributed by atoms with Crippen molar-refractivity contribution in [1.82, 2.24) is 0 Å². The highest BCUT2D eigenvalue weighted by atomic mass is 127. The van der Waals surface area contributed by atoms with Gasteiger partial charge in [0.15, 0.2) is 5.82 Å². The van der Waals surface area contributed by atoms with Gasteiger partial charge in [0, 0.05) is 5.56 Å². The standard InChI is InChI=1S/C30H44ClFO.HI/c1-3-5-6-21-7-9-22(10-8-21)23-11-13-24(14-12-23)25-15-17-26(18-16-25)27-19-20-28(33-4-2)29(31)30(27)32;/h17,19-25H,3-16,18H2,1-2H3;1H. The molecule has 4 rings (SSSR count). The molecule has 0 aliphatic heterocycles. The summed E-state index contributed by atoms with van der Waals surface area (Å²) in [7, 11) is 0. The first-order valence-electron chi connectivity index (χ1n) is 13.9. The van der Waals surface area contributed by atoms with Gasteiger partial charge < -0.3 is 4.74 Å². The lowest BCUT2D eigenvalue weighted by molar-refractivity contribution is 0.120. The number of rotatable bonds is 8. The number of ether oxygens (including phenoxy) is 1. The monoisotopic (exact) mass is 602 g/mol. The van der Waals surface area contributed by atoms with Crippen LogP contribution in [-0.4, -0.2) is 6.61 Å². The second-order valence-electron chi connectivity index (χ2n) is 11.0. The highest BCUT2D eigenvalue weighted by molar-refractivity contribution is 14.0. The van der Waals surface area contributed by atoms with Crippen molar-refractivity contribution in [2.45, 2.75) is 104 Å². The van der Waals surface area contributed by atoms with E-state index in [1.165, 1.54) is 77.0 Å². The third-order valence-electron chi connectivity index (χ3n) is 9.15. The SMILES string of the molecule is CCCCC1CCC(C2CCC(C3CC=C(c4ccc(OCC)c(Cl)c4F)CC3)CC2)CC1.I. The molecule has 1 atom stereocenters. The first-order chi connectivity index (χ1) is 16.1. The molecule has 192 valence electrons. The Morgan fingerprint density at radius 1 is 0.882 bits per heavy atom. The van der Waals surface area contributed by atoms with Gasteiger partial charge in [-0.2, -0.15) is 0 Å². The number of hydrogen-bond donors (Lipinski definition) is 0. The fourth-order valence-corrected chi connectivity index (χ4v) is 7.32. The van der Waals surface area contributed by atoms with Crippen LogP contribution in [0.15, 0.2) is 18.2 Å². The summed E-state index contributed by atoms with van der Waals surface area (Å²) >= 11 is 6.23. The van der Waals surface area contributed by atoms with Crippen molar-refractivity contribution in [3.05, 3.63) is 34.6 Å². The summed E-state index contributed by atoms with van der Waals surface area (Å²) in [6.07, 6.45) is 21.5. The van der Waals surface area contributed by atoms with E-state index in [-0.39, 0.29) is 34.8 Å². The van der Waals surface area contributed by atoms with Crippen LogP contribution in [0.1, 0.15) is 109 Å². The normalized spacial score (nSPS) is 29.8. The fraction of sp³-hybridized carbons (Fsp3) is 0.733. The molecule has 0 radical (unpaired) electrons. The molecule has 4 heteroatoms. The van der Waals surface area contributed by atoms with Gasteiger partial charge in [-0.05, 0) is 112 Å². The smallest absolute Gasteiger partial charge is 0.153 e. The van der Waals surface area contributed by atoms with Crippen LogP contribution in [0, 0.1) is 35.4 Å². The topological polar surface area (TPSA) is 9.23 Å². The van der Waals surface area contributed by atoms with Gasteiger partial charge in [-0.25, -0.2) is 4.39 Å². The summed E-state index contributed by atoms with van der Waals surface area (Å²) in [5.41, 5.74) is 1.79. The van der Waals surface area contributed by atoms with Crippen molar-refractivity contribution in [2.75, 3.05) is 6.61 Å². The van der Waals surface area contributed by atoms with Gasteiger partial charge in [0.1, 0.15) is 10.8 Å². The Labute approximate surface area is 229 Å². The number of halogens is 3. The van der Waals surface area contributed by atoms with E-state index >= 15 is 0 Å². The highest BCUT2D eigenvalue weighted by Crippen LogP contribution is 2.46. The summed E-state index contributed by atoms with van der Waals surface area (Å²) in [4.78, 5) is 0. The molecule has 0 heterocycles. The van der Waals surface area contributed by atoms with Gasteiger partial charge in [-0.1, -0.05) is 56.7 Å². The minimum absolute atomic E-state index is 0. The molecule has 3 aliphatic rings. The first-order valence-corrected chi connectivity index (χ1v) is 14.3. The second-order valence-corrected chi connectivity index (χ2v) is 11.4. The Balaban J connectivity index is 0.00000324. The predicted molar refractivity (Wildman–Crippen MR) is 154 cm³/mol. The Morgan fingerprint density at radius 2 is 1.50 bits per heavy atom. The van der Waals surface area contributed by atoms with Crippen LogP contribution in [0.5, 0.6) is 5.75 Å². The number of allylic oxidation sites excluding steroid dienone is 2. The van der Waals surface area contributed by atoms with E-state index in [0.29, 0.717) is 17.9 Å². The van der Waals surface area contributed by atoms with Gasteiger partial charge in [0.05, 0.1) is 6.61 Å². The van der Waals surface area contributed by atoms with Crippen molar-refractivity contribution in [1.29, 1.82) is 0 Å². The summed E-state index contributed by atoms with van der Waals surface area (Å²) < 4.78 is 20.3. The van der Waals surface area contributed by atoms with Crippen LogP contribution in [0.3, 0.4) is 0 Å². The van der Waals surface area contributed by atoms with E-state index < -0.39 is 0 Å². The largest absolute Gasteiger partial charge is 0.492 e. The number of unbranched alkanes of at least 4 members (excludes halogenated alkanes) is 1. The Kier molecular flexibility index (Phi) is 11.5. The van der Waals surface area contributed by atoms with Crippen molar-refractivity contribution < 1.29 is 9.13 Å². The third-order valence-corrected chi connectivity index (χ3v) is 9.50. The van der Waals surface area contributed by atoms with E-state index in [1.54, 1.807) is 0 Å². The van der Waals surface area contributed by atoms with Gasteiger partial charge in [-0.3, -0.25) is 0 Å². The molecule has 1 aromatic rings. The predicted octanol–water partition coefficient (Wildman–Crippen LogP) is 10.5. The van der Waals surface area contributed by atoms with Crippen LogP contribution >= 0.6 is 35.6 Å². The molecule has 0 spiro atoms. The van der Waals surface area contributed by atoms with Gasteiger partial charge in [0.2, 0.25) is 0 Å². The average molecular weight is 603 g/mol. The maximum absolute atomic E-state index is 14.9. The summed E-state index contributed by atoms with van der Waals surface area (Å²) in [6, 6.07) is 3.66. The Bertz CT molecular complexity index is 793. The third kappa shape index (κ3) is 6.93. The van der Waals surface area contributed by atoms with Gasteiger partial charge in [0.25, 0.3) is 0 Å². The lowest BCUT2D eigenvalue weighted by Crippen LogP contribution is -2.28. The first kappa shape index (κ1) is 28.3. The zero-order valence-corrected chi connectivity index (χ0v) is 24.4. The minimum atomic E-state index is -0.322. The lowest BCUT2D eigenvalue weighted by Gasteiger charge is -2.40. The lowest BCUT2D eigenvalue weighted by atomic mass is 9.65.